The van der Waals surface area contributed by atoms with Crippen LogP contribution in [0.3, 0.4) is 0 Å². The molecule has 0 saturated heterocycles. The van der Waals surface area contributed by atoms with Gasteiger partial charge in [-0.15, -0.1) is 0 Å². The van der Waals surface area contributed by atoms with Gasteiger partial charge in [0.1, 0.15) is 11.7 Å². The van der Waals surface area contributed by atoms with Crippen molar-refractivity contribution in [1.82, 2.24) is 0 Å². The third-order valence-electron chi connectivity index (χ3n) is 12.8. The average Bonchev–Trinajstić information content (AvgIpc) is 3.25. The summed E-state index contributed by atoms with van der Waals surface area (Å²) in [6.45, 7) is 17.5. The number of carbonyl (C=O) groups excluding carboxylic acids is 2. The summed E-state index contributed by atoms with van der Waals surface area (Å²) in [5.41, 5.74) is -0.627. The highest BCUT2D eigenvalue weighted by Crippen LogP contribution is 2.68. The minimum Gasteiger partial charge on any atom is -0.462 e. The molecule has 0 aromatic rings. The van der Waals surface area contributed by atoms with Crippen LogP contribution in [0.25, 0.3) is 0 Å². The van der Waals surface area contributed by atoms with E-state index in [1.165, 1.54) is 25.7 Å². The van der Waals surface area contributed by atoms with Crippen molar-refractivity contribution in [2.24, 2.45) is 51.8 Å². The third kappa shape index (κ3) is 6.40. The van der Waals surface area contributed by atoms with Gasteiger partial charge in [-0.3, -0.25) is 9.59 Å². The smallest absolute Gasteiger partial charge is 0.311 e. The molecule has 0 aromatic carbocycles. The first-order valence-corrected chi connectivity index (χ1v) is 16.7. The molecule has 0 amide bonds. The maximum Gasteiger partial charge on any atom is 0.311 e. The summed E-state index contributed by atoms with van der Waals surface area (Å²) >= 11 is 0. The Labute approximate surface area is 250 Å². The number of ether oxygens (including phenoxy) is 3. The first-order valence-electron chi connectivity index (χ1n) is 16.7. The number of esters is 2. The molecular formula is C35H60O6. The van der Waals surface area contributed by atoms with E-state index in [0.29, 0.717) is 48.5 Å². The molecule has 236 valence electrons. The molecule has 0 aromatic heterocycles. The zero-order valence-corrected chi connectivity index (χ0v) is 27.6. The van der Waals surface area contributed by atoms with Crippen LogP contribution in [0.2, 0.25) is 0 Å². The van der Waals surface area contributed by atoms with Crippen LogP contribution in [0.4, 0.5) is 0 Å². The van der Waals surface area contributed by atoms with E-state index in [2.05, 4.69) is 20.8 Å². The van der Waals surface area contributed by atoms with E-state index in [1.54, 1.807) is 7.11 Å². The minimum absolute atomic E-state index is 0.0209. The van der Waals surface area contributed by atoms with Gasteiger partial charge in [-0.1, -0.05) is 27.7 Å². The SMILES string of the molecule is CCC(C)(C)C(=O)OC1CCC2(C)C(C1)CC(O)C1C2CCC2(C)C(C(C)CCC(=O)OC(C)(C)COC)CCC12. The topological polar surface area (TPSA) is 82.1 Å². The summed E-state index contributed by atoms with van der Waals surface area (Å²) in [6, 6.07) is 0. The largest absolute Gasteiger partial charge is 0.462 e. The number of aliphatic hydroxyl groups excluding tert-OH is 1. The summed E-state index contributed by atoms with van der Waals surface area (Å²) in [7, 11) is 1.63. The molecule has 10 atom stereocenters. The van der Waals surface area contributed by atoms with Crippen LogP contribution in [-0.4, -0.2) is 48.6 Å². The fourth-order valence-electron chi connectivity index (χ4n) is 10.0. The standard InChI is InChI=1S/C35H60O6/c1-10-32(3,4)31(38)40-24-15-17-34(7)23(19-24)20-28(36)30-26-13-12-25(35(26,8)18-16-27(30)34)22(2)11-14-29(37)41-33(5,6)21-39-9/h22-28,30,36H,10-21H2,1-9H3. The van der Waals surface area contributed by atoms with Crippen molar-refractivity contribution in [3.05, 3.63) is 0 Å². The zero-order valence-electron chi connectivity index (χ0n) is 27.6. The van der Waals surface area contributed by atoms with E-state index in [0.717, 1.165) is 38.5 Å². The van der Waals surface area contributed by atoms with Gasteiger partial charge in [0.2, 0.25) is 0 Å². The first-order chi connectivity index (χ1) is 19.1. The van der Waals surface area contributed by atoms with Crippen molar-refractivity contribution in [2.45, 2.75) is 144 Å². The van der Waals surface area contributed by atoms with E-state index in [4.69, 9.17) is 14.2 Å². The molecule has 6 heteroatoms. The predicted molar refractivity (Wildman–Crippen MR) is 161 cm³/mol. The number of rotatable bonds is 10. The van der Waals surface area contributed by atoms with Crippen molar-refractivity contribution in [3.8, 4) is 0 Å². The van der Waals surface area contributed by atoms with Gasteiger partial charge >= 0.3 is 11.9 Å². The summed E-state index contributed by atoms with van der Waals surface area (Å²) in [5, 5.41) is 11.7. The number of aliphatic hydroxyl groups is 1. The molecule has 0 aliphatic heterocycles. The highest BCUT2D eigenvalue weighted by atomic mass is 16.6. The van der Waals surface area contributed by atoms with Crippen LogP contribution in [0.15, 0.2) is 0 Å². The quantitative estimate of drug-likeness (QED) is 0.274. The first kappa shape index (κ1) is 32.8. The lowest BCUT2D eigenvalue weighted by atomic mass is 9.43. The average molecular weight is 577 g/mol. The highest BCUT2D eigenvalue weighted by molar-refractivity contribution is 5.76. The molecule has 0 radical (unpaired) electrons. The van der Waals surface area contributed by atoms with Gasteiger partial charge < -0.3 is 19.3 Å². The number of hydrogen-bond acceptors (Lipinski definition) is 6. The van der Waals surface area contributed by atoms with Gasteiger partial charge in [-0.2, -0.15) is 0 Å². The van der Waals surface area contributed by atoms with Gasteiger partial charge in [0.25, 0.3) is 0 Å². The Bertz CT molecular complexity index is 943. The summed E-state index contributed by atoms with van der Waals surface area (Å²) in [4.78, 5) is 25.4. The fourth-order valence-corrected chi connectivity index (χ4v) is 10.0. The fraction of sp³-hybridized carbons (Fsp3) is 0.943. The van der Waals surface area contributed by atoms with Crippen molar-refractivity contribution in [3.63, 3.8) is 0 Å². The molecule has 0 heterocycles. The third-order valence-corrected chi connectivity index (χ3v) is 12.8. The molecule has 41 heavy (non-hydrogen) atoms. The Hall–Kier alpha value is -1.14. The van der Waals surface area contributed by atoms with Crippen LogP contribution >= 0.6 is 0 Å². The van der Waals surface area contributed by atoms with Crippen molar-refractivity contribution < 1.29 is 28.9 Å². The van der Waals surface area contributed by atoms with Gasteiger partial charge in [-0.25, -0.2) is 0 Å². The van der Waals surface area contributed by atoms with Crippen LogP contribution in [0, 0.1) is 51.8 Å². The minimum atomic E-state index is -0.601. The van der Waals surface area contributed by atoms with Crippen molar-refractivity contribution >= 4 is 11.9 Å². The second kappa shape index (κ2) is 12.1. The molecule has 4 saturated carbocycles. The molecule has 1 N–H and O–H groups in total. The van der Waals surface area contributed by atoms with E-state index in [-0.39, 0.29) is 35.0 Å². The second-order valence-electron chi connectivity index (χ2n) is 16.2. The van der Waals surface area contributed by atoms with Crippen LogP contribution in [-0.2, 0) is 23.8 Å². The van der Waals surface area contributed by atoms with E-state index in [1.807, 2.05) is 34.6 Å². The van der Waals surface area contributed by atoms with Crippen molar-refractivity contribution in [1.29, 1.82) is 0 Å². The number of methoxy groups -OCH3 is 1. The number of carbonyl (C=O) groups is 2. The lowest BCUT2D eigenvalue weighted by Gasteiger charge is -2.62. The van der Waals surface area contributed by atoms with Crippen LogP contribution in [0.5, 0.6) is 0 Å². The van der Waals surface area contributed by atoms with Gasteiger partial charge in [0, 0.05) is 13.5 Å². The molecule has 6 nitrogen and oxygen atoms in total. The lowest BCUT2D eigenvalue weighted by molar-refractivity contribution is -0.186. The van der Waals surface area contributed by atoms with Gasteiger partial charge in [-0.05, 0) is 138 Å². The van der Waals surface area contributed by atoms with Crippen LogP contribution < -0.4 is 0 Å². The molecular weight excluding hydrogens is 516 g/mol. The van der Waals surface area contributed by atoms with Crippen LogP contribution in [0.1, 0.15) is 126 Å². The highest BCUT2D eigenvalue weighted by Gasteiger charge is 2.63. The molecule has 4 aliphatic carbocycles. The molecule has 4 fully saturated rings. The monoisotopic (exact) mass is 576 g/mol. The Morgan fingerprint density at radius 2 is 1.63 bits per heavy atom. The maximum absolute atomic E-state index is 12.8. The molecule has 4 rings (SSSR count). The number of fused-ring (bicyclic) bond motifs is 5. The molecule has 10 unspecified atom stereocenters. The summed E-state index contributed by atoms with van der Waals surface area (Å²) in [6.07, 6.45) is 10.3. The Kier molecular flexibility index (Phi) is 9.67. The lowest BCUT2D eigenvalue weighted by Crippen LogP contribution is -2.59. The summed E-state index contributed by atoms with van der Waals surface area (Å²) in [5.74, 6) is 2.64. The van der Waals surface area contributed by atoms with E-state index >= 15 is 0 Å². The Morgan fingerprint density at radius 1 is 0.976 bits per heavy atom. The normalized spacial score (nSPS) is 39.7. The Morgan fingerprint density at radius 3 is 2.29 bits per heavy atom. The van der Waals surface area contributed by atoms with Gasteiger partial charge in [0.05, 0.1) is 18.1 Å². The predicted octanol–water partition coefficient (Wildman–Crippen LogP) is 7.35. The van der Waals surface area contributed by atoms with Gasteiger partial charge in [0.15, 0.2) is 0 Å². The second-order valence-corrected chi connectivity index (χ2v) is 16.2. The summed E-state index contributed by atoms with van der Waals surface area (Å²) < 4.78 is 17.0. The molecule has 0 spiro atoms. The number of hydrogen-bond donors (Lipinski definition) is 1. The van der Waals surface area contributed by atoms with E-state index in [9.17, 15) is 14.7 Å². The Balaban J connectivity index is 1.40. The molecule has 4 aliphatic rings. The maximum atomic E-state index is 12.8. The van der Waals surface area contributed by atoms with E-state index < -0.39 is 11.0 Å². The molecule has 0 bridgehead atoms. The van der Waals surface area contributed by atoms with Crippen molar-refractivity contribution in [2.75, 3.05) is 13.7 Å². The zero-order chi connectivity index (χ0) is 30.4.